The summed E-state index contributed by atoms with van der Waals surface area (Å²) >= 11 is 0. The first-order valence-electron chi connectivity index (χ1n) is 7.41. The van der Waals surface area contributed by atoms with Gasteiger partial charge in [0.05, 0.1) is 26.9 Å². The zero-order chi connectivity index (χ0) is 14.2. The van der Waals surface area contributed by atoms with Crippen LogP contribution in [0.4, 0.5) is 0 Å². The summed E-state index contributed by atoms with van der Waals surface area (Å²) in [5, 5.41) is 8.74. The molecule has 0 spiro atoms. The molecular weight excluding hydrogens is 254 g/mol. The van der Waals surface area contributed by atoms with Crippen molar-refractivity contribution in [3.05, 3.63) is 29.8 Å². The SMILES string of the molecule is COc1cccc(C2CCCCN2CCOCCO)c1. The summed E-state index contributed by atoms with van der Waals surface area (Å²) in [6, 6.07) is 8.82. The number of piperidine rings is 1. The van der Waals surface area contributed by atoms with Crippen molar-refractivity contribution in [2.75, 3.05) is 40.0 Å². The summed E-state index contributed by atoms with van der Waals surface area (Å²) in [6.07, 6.45) is 3.71. The van der Waals surface area contributed by atoms with E-state index >= 15 is 0 Å². The molecule has 20 heavy (non-hydrogen) atoms. The van der Waals surface area contributed by atoms with Gasteiger partial charge in [-0.25, -0.2) is 0 Å². The number of hydrogen-bond donors (Lipinski definition) is 1. The van der Waals surface area contributed by atoms with Gasteiger partial charge >= 0.3 is 0 Å². The van der Waals surface area contributed by atoms with E-state index in [2.05, 4.69) is 23.1 Å². The van der Waals surface area contributed by atoms with Crippen LogP contribution in [-0.4, -0.2) is 50.0 Å². The fraction of sp³-hybridized carbons (Fsp3) is 0.625. The highest BCUT2D eigenvalue weighted by atomic mass is 16.5. The quantitative estimate of drug-likeness (QED) is 0.777. The average Bonchev–Trinajstić information content (AvgIpc) is 2.52. The fourth-order valence-corrected chi connectivity index (χ4v) is 2.83. The normalized spacial score (nSPS) is 20.0. The monoisotopic (exact) mass is 279 g/mol. The van der Waals surface area contributed by atoms with Crippen LogP contribution in [0.1, 0.15) is 30.9 Å². The molecule has 1 aliphatic rings. The molecule has 1 saturated heterocycles. The molecular formula is C16H25NO3. The highest BCUT2D eigenvalue weighted by Gasteiger charge is 2.23. The molecule has 1 atom stereocenters. The largest absolute Gasteiger partial charge is 0.497 e. The second-order valence-electron chi connectivity index (χ2n) is 5.16. The average molecular weight is 279 g/mol. The number of ether oxygens (including phenoxy) is 2. The van der Waals surface area contributed by atoms with E-state index in [-0.39, 0.29) is 6.61 Å². The van der Waals surface area contributed by atoms with Gasteiger partial charge in [0.1, 0.15) is 5.75 Å². The number of aliphatic hydroxyl groups excluding tert-OH is 1. The van der Waals surface area contributed by atoms with E-state index in [0.29, 0.717) is 19.3 Å². The Balaban J connectivity index is 1.98. The first-order chi connectivity index (χ1) is 9.85. The van der Waals surface area contributed by atoms with E-state index in [1.807, 2.05) is 6.07 Å². The highest BCUT2D eigenvalue weighted by Crippen LogP contribution is 2.32. The van der Waals surface area contributed by atoms with Gasteiger partial charge in [-0.2, -0.15) is 0 Å². The molecule has 1 heterocycles. The fourth-order valence-electron chi connectivity index (χ4n) is 2.83. The van der Waals surface area contributed by atoms with Crippen molar-refractivity contribution in [3.8, 4) is 5.75 Å². The highest BCUT2D eigenvalue weighted by molar-refractivity contribution is 5.30. The molecule has 1 aromatic rings. The maximum absolute atomic E-state index is 8.74. The van der Waals surface area contributed by atoms with Crippen molar-refractivity contribution >= 4 is 0 Å². The van der Waals surface area contributed by atoms with E-state index in [4.69, 9.17) is 14.6 Å². The maximum Gasteiger partial charge on any atom is 0.119 e. The molecule has 0 aliphatic carbocycles. The van der Waals surface area contributed by atoms with Gasteiger partial charge in [-0.1, -0.05) is 18.6 Å². The second-order valence-corrected chi connectivity index (χ2v) is 5.16. The molecule has 0 amide bonds. The topological polar surface area (TPSA) is 41.9 Å². The van der Waals surface area contributed by atoms with Gasteiger partial charge in [-0.15, -0.1) is 0 Å². The minimum absolute atomic E-state index is 0.0965. The van der Waals surface area contributed by atoms with Gasteiger partial charge in [-0.05, 0) is 37.1 Å². The van der Waals surface area contributed by atoms with E-state index in [1.54, 1.807) is 7.11 Å². The third kappa shape index (κ3) is 4.20. The van der Waals surface area contributed by atoms with Crippen LogP contribution in [-0.2, 0) is 4.74 Å². The Morgan fingerprint density at radius 3 is 3.00 bits per heavy atom. The van der Waals surface area contributed by atoms with Crippen LogP contribution >= 0.6 is 0 Å². The predicted octanol–water partition coefficient (Wildman–Crippen LogP) is 2.23. The van der Waals surface area contributed by atoms with Gasteiger partial charge in [0.2, 0.25) is 0 Å². The first-order valence-corrected chi connectivity index (χ1v) is 7.41. The van der Waals surface area contributed by atoms with E-state index < -0.39 is 0 Å². The molecule has 0 saturated carbocycles. The van der Waals surface area contributed by atoms with Crippen LogP contribution in [0.5, 0.6) is 5.75 Å². The molecule has 1 aliphatic heterocycles. The number of methoxy groups -OCH3 is 1. The lowest BCUT2D eigenvalue weighted by atomic mass is 9.95. The standard InChI is InChI=1S/C16H25NO3/c1-19-15-6-4-5-14(13-15)16-7-2-3-8-17(16)9-11-20-12-10-18/h4-6,13,16,18H,2-3,7-12H2,1H3. The van der Waals surface area contributed by atoms with Crippen LogP contribution in [0, 0.1) is 0 Å². The molecule has 1 N–H and O–H groups in total. The number of likely N-dealkylation sites (tertiary alicyclic amines) is 1. The Morgan fingerprint density at radius 2 is 2.20 bits per heavy atom. The van der Waals surface area contributed by atoms with Crippen LogP contribution in [0.15, 0.2) is 24.3 Å². The van der Waals surface area contributed by atoms with Gasteiger partial charge in [-0.3, -0.25) is 4.90 Å². The Kier molecular flexibility index (Phi) is 6.30. The maximum atomic E-state index is 8.74. The molecule has 0 radical (unpaired) electrons. The Morgan fingerprint density at radius 1 is 1.30 bits per heavy atom. The number of benzene rings is 1. The zero-order valence-corrected chi connectivity index (χ0v) is 12.3. The molecule has 4 nitrogen and oxygen atoms in total. The minimum Gasteiger partial charge on any atom is -0.497 e. The third-order valence-corrected chi connectivity index (χ3v) is 3.85. The van der Waals surface area contributed by atoms with Crippen molar-refractivity contribution in [3.63, 3.8) is 0 Å². The molecule has 0 bridgehead atoms. The van der Waals surface area contributed by atoms with Gasteiger partial charge in [0.15, 0.2) is 0 Å². The molecule has 4 heteroatoms. The van der Waals surface area contributed by atoms with Gasteiger partial charge < -0.3 is 14.6 Å². The van der Waals surface area contributed by atoms with Crippen molar-refractivity contribution in [1.29, 1.82) is 0 Å². The molecule has 0 aromatic heterocycles. The lowest BCUT2D eigenvalue weighted by Crippen LogP contribution is -2.36. The smallest absolute Gasteiger partial charge is 0.119 e. The molecule has 1 fully saturated rings. The van der Waals surface area contributed by atoms with Crippen LogP contribution in [0.25, 0.3) is 0 Å². The van der Waals surface area contributed by atoms with Crippen LogP contribution in [0.3, 0.4) is 0 Å². The van der Waals surface area contributed by atoms with Crippen LogP contribution < -0.4 is 4.74 Å². The molecule has 2 rings (SSSR count). The summed E-state index contributed by atoms with van der Waals surface area (Å²) in [4.78, 5) is 2.48. The summed E-state index contributed by atoms with van der Waals surface area (Å²) in [7, 11) is 1.71. The Hall–Kier alpha value is -1.10. The van der Waals surface area contributed by atoms with Crippen molar-refractivity contribution in [2.45, 2.75) is 25.3 Å². The van der Waals surface area contributed by atoms with Crippen molar-refractivity contribution in [2.24, 2.45) is 0 Å². The summed E-state index contributed by atoms with van der Waals surface area (Å²) < 4.78 is 10.7. The minimum atomic E-state index is 0.0965. The second kappa shape index (κ2) is 8.25. The van der Waals surface area contributed by atoms with E-state index in [1.165, 1.54) is 24.8 Å². The number of hydrogen-bond acceptors (Lipinski definition) is 4. The van der Waals surface area contributed by atoms with Crippen molar-refractivity contribution in [1.82, 2.24) is 4.90 Å². The Labute approximate surface area is 121 Å². The number of rotatable bonds is 7. The predicted molar refractivity (Wildman–Crippen MR) is 79.1 cm³/mol. The van der Waals surface area contributed by atoms with Crippen LogP contribution in [0.2, 0.25) is 0 Å². The first kappa shape index (κ1) is 15.3. The number of nitrogens with zero attached hydrogens (tertiary/aromatic N) is 1. The van der Waals surface area contributed by atoms with E-state index in [9.17, 15) is 0 Å². The van der Waals surface area contributed by atoms with Gasteiger partial charge in [0.25, 0.3) is 0 Å². The Bertz CT molecular complexity index is 397. The summed E-state index contributed by atoms with van der Waals surface area (Å²) in [6.45, 7) is 3.24. The molecule has 112 valence electrons. The van der Waals surface area contributed by atoms with E-state index in [0.717, 1.165) is 18.8 Å². The lowest BCUT2D eigenvalue weighted by Gasteiger charge is -2.36. The van der Waals surface area contributed by atoms with Gasteiger partial charge in [0, 0.05) is 12.6 Å². The number of aliphatic hydroxyl groups is 1. The van der Waals surface area contributed by atoms with Crippen molar-refractivity contribution < 1.29 is 14.6 Å². The molecule has 1 aromatic carbocycles. The summed E-state index contributed by atoms with van der Waals surface area (Å²) in [5.41, 5.74) is 1.33. The lowest BCUT2D eigenvalue weighted by molar-refractivity contribution is 0.0531. The molecule has 1 unspecified atom stereocenters. The third-order valence-electron chi connectivity index (χ3n) is 3.85. The summed E-state index contributed by atoms with van der Waals surface area (Å²) in [5.74, 6) is 0.921. The zero-order valence-electron chi connectivity index (χ0n) is 12.3.